The molecule has 1 fully saturated rings. The third kappa shape index (κ3) is 3.66. The summed E-state index contributed by atoms with van der Waals surface area (Å²) < 4.78 is 0. The highest BCUT2D eigenvalue weighted by Crippen LogP contribution is 2.36. The van der Waals surface area contributed by atoms with E-state index in [2.05, 4.69) is 10.6 Å². The summed E-state index contributed by atoms with van der Waals surface area (Å²) in [5, 5.41) is 5.77. The van der Waals surface area contributed by atoms with Gasteiger partial charge in [0.25, 0.3) is 11.8 Å². The Kier molecular flexibility index (Phi) is 4.51. The largest absolute Gasteiger partial charge is 0.348 e. The van der Waals surface area contributed by atoms with Gasteiger partial charge in [-0.1, -0.05) is 12.1 Å². The molecular weight excluding hydrogens is 320 g/mol. The molecule has 1 aliphatic carbocycles. The fourth-order valence-electron chi connectivity index (χ4n) is 3.08. The van der Waals surface area contributed by atoms with Gasteiger partial charge in [0.15, 0.2) is 13.1 Å². The number of amides is 3. The van der Waals surface area contributed by atoms with Gasteiger partial charge in [-0.05, 0) is 38.8 Å². The van der Waals surface area contributed by atoms with Crippen LogP contribution in [0.3, 0.4) is 0 Å². The topological polar surface area (TPSA) is 82.9 Å². The molecule has 0 saturated heterocycles. The SMILES string of the molecule is C[NH+](CC(=O)NC1CC1)CC(=O)N1c2ccccc2NC(=O)C1(C)C. The summed E-state index contributed by atoms with van der Waals surface area (Å²) in [5.41, 5.74) is 0.332. The highest BCUT2D eigenvalue weighted by atomic mass is 16.2. The van der Waals surface area contributed by atoms with Gasteiger partial charge in [-0.25, -0.2) is 0 Å². The summed E-state index contributed by atoms with van der Waals surface area (Å²) in [6.07, 6.45) is 2.08. The van der Waals surface area contributed by atoms with Gasteiger partial charge in [0.2, 0.25) is 5.91 Å². The number of quaternary nitrogens is 1. The van der Waals surface area contributed by atoms with Crippen molar-refractivity contribution in [2.75, 3.05) is 30.4 Å². The zero-order valence-electron chi connectivity index (χ0n) is 14.9. The van der Waals surface area contributed by atoms with Crippen LogP contribution in [0.1, 0.15) is 26.7 Å². The van der Waals surface area contributed by atoms with Crippen molar-refractivity contribution in [2.24, 2.45) is 0 Å². The van der Waals surface area contributed by atoms with Gasteiger partial charge >= 0.3 is 0 Å². The molecule has 134 valence electrons. The van der Waals surface area contributed by atoms with E-state index in [-0.39, 0.29) is 30.8 Å². The van der Waals surface area contributed by atoms with Crippen molar-refractivity contribution in [3.63, 3.8) is 0 Å². The Morgan fingerprint density at radius 1 is 1.28 bits per heavy atom. The number of likely N-dealkylation sites (N-methyl/N-ethyl adjacent to an activating group) is 1. The lowest BCUT2D eigenvalue weighted by atomic mass is 9.96. The van der Waals surface area contributed by atoms with Crippen LogP contribution in [0.2, 0.25) is 0 Å². The lowest BCUT2D eigenvalue weighted by Crippen LogP contribution is -3.11. The molecule has 25 heavy (non-hydrogen) atoms. The lowest BCUT2D eigenvalue weighted by Gasteiger charge is -2.42. The summed E-state index contributed by atoms with van der Waals surface area (Å²) in [4.78, 5) is 39.6. The fraction of sp³-hybridized carbons (Fsp3) is 0.500. The summed E-state index contributed by atoms with van der Waals surface area (Å²) in [6.45, 7) is 3.84. The molecule has 0 bridgehead atoms. The van der Waals surface area contributed by atoms with Crippen LogP contribution in [0.15, 0.2) is 24.3 Å². The molecule has 1 aromatic rings. The molecule has 2 aliphatic rings. The first-order valence-electron chi connectivity index (χ1n) is 8.63. The normalized spacial score (nSPS) is 19.6. The zero-order chi connectivity index (χ0) is 18.2. The van der Waals surface area contributed by atoms with Gasteiger partial charge in [-0.15, -0.1) is 0 Å². The molecule has 1 aliphatic heterocycles. The Balaban J connectivity index is 1.73. The molecule has 0 radical (unpaired) electrons. The second-order valence-corrected chi connectivity index (χ2v) is 7.41. The number of carbonyl (C=O) groups excluding carboxylic acids is 3. The van der Waals surface area contributed by atoms with Crippen LogP contribution in [0.25, 0.3) is 0 Å². The fourth-order valence-corrected chi connectivity index (χ4v) is 3.08. The first kappa shape index (κ1) is 17.4. The molecular formula is C18H25N4O3+. The summed E-state index contributed by atoms with van der Waals surface area (Å²) >= 11 is 0. The third-order valence-electron chi connectivity index (χ3n) is 4.62. The second kappa shape index (κ2) is 6.48. The molecule has 3 N–H and O–H groups in total. The Bertz CT molecular complexity index is 712. The Morgan fingerprint density at radius 2 is 1.96 bits per heavy atom. The molecule has 3 rings (SSSR count). The van der Waals surface area contributed by atoms with Crippen LogP contribution in [0.5, 0.6) is 0 Å². The van der Waals surface area contributed by atoms with Gasteiger partial charge in [0.1, 0.15) is 5.54 Å². The number of hydrogen-bond donors (Lipinski definition) is 3. The molecule has 1 aromatic carbocycles. The maximum atomic E-state index is 12.9. The molecule has 0 spiro atoms. The lowest BCUT2D eigenvalue weighted by molar-refractivity contribution is -0.862. The van der Waals surface area contributed by atoms with E-state index in [0.29, 0.717) is 17.4 Å². The first-order chi connectivity index (χ1) is 11.8. The van der Waals surface area contributed by atoms with Crippen molar-refractivity contribution in [3.05, 3.63) is 24.3 Å². The molecule has 1 heterocycles. The van der Waals surface area contributed by atoms with Crippen molar-refractivity contribution >= 4 is 29.1 Å². The average molecular weight is 345 g/mol. The minimum atomic E-state index is -0.984. The third-order valence-corrected chi connectivity index (χ3v) is 4.62. The van der Waals surface area contributed by atoms with Crippen molar-refractivity contribution in [3.8, 4) is 0 Å². The van der Waals surface area contributed by atoms with E-state index in [1.807, 2.05) is 25.2 Å². The van der Waals surface area contributed by atoms with E-state index < -0.39 is 5.54 Å². The number of fused-ring (bicyclic) bond motifs is 1. The Hall–Kier alpha value is -2.41. The van der Waals surface area contributed by atoms with Crippen LogP contribution in [0, 0.1) is 0 Å². The summed E-state index contributed by atoms with van der Waals surface area (Å²) in [5.74, 6) is -0.434. The number of anilines is 2. The van der Waals surface area contributed by atoms with Gasteiger partial charge in [-0.3, -0.25) is 19.3 Å². The minimum Gasteiger partial charge on any atom is -0.348 e. The van der Waals surface area contributed by atoms with E-state index in [0.717, 1.165) is 17.7 Å². The van der Waals surface area contributed by atoms with Crippen molar-refractivity contribution < 1.29 is 19.3 Å². The van der Waals surface area contributed by atoms with Crippen molar-refractivity contribution in [1.82, 2.24) is 5.32 Å². The number of carbonyl (C=O) groups is 3. The molecule has 7 heteroatoms. The molecule has 0 aromatic heterocycles. The highest BCUT2D eigenvalue weighted by Gasteiger charge is 2.44. The second-order valence-electron chi connectivity index (χ2n) is 7.41. The predicted octanol–water partition coefficient (Wildman–Crippen LogP) is -0.456. The predicted molar refractivity (Wildman–Crippen MR) is 94.4 cm³/mol. The van der Waals surface area contributed by atoms with Crippen LogP contribution in [0.4, 0.5) is 11.4 Å². The first-order valence-corrected chi connectivity index (χ1v) is 8.63. The quantitative estimate of drug-likeness (QED) is 0.676. The highest BCUT2D eigenvalue weighted by molar-refractivity contribution is 6.14. The molecule has 1 saturated carbocycles. The van der Waals surface area contributed by atoms with Crippen LogP contribution >= 0.6 is 0 Å². The van der Waals surface area contributed by atoms with Gasteiger partial charge in [0.05, 0.1) is 18.4 Å². The summed E-state index contributed by atoms with van der Waals surface area (Å²) in [7, 11) is 1.81. The van der Waals surface area contributed by atoms with E-state index in [4.69, 9.17) is 0 Å². The molecule has 1 unspecified atom stereocenters. The van der Waals surface area contributed by atoms with E-state index in [1.54, 1.807) is 24.8 Å². The van der Waals surface area contributed by atoms with Gasteiger partial charge in [0, 0.05) is 6.04 Å². The number of nitrogens with one attached hydrogen (secondary N) is 3. The number of hydrogen-bond acceptors (Lipinski definition) is 3. The maximum Gasteiger partial charge on any atom is 0.283 e. The van der Waals surface area contributed by atoms with Gasteiger partial charge in [-0.2, -0.15) is 0 Å². The summed E-state index contributed by atoms with van der Waals surface area (Å²) in [6, 6.07) is 7.57. The molecule has 1 atom stereocenters. The Morgan fingerprint density at radius 3 is 2.64 bits per heavy atom. The maximum absolute atomic E-state index is 12.9. The smallest absolute Gasteiger partial charge is 0.283 e. The number of rotatable bonds is 5. The number of nitrogens with zero attached hydrogens (tertiary/aromatic N) is 1. The zero-order valence-corrected chi connectivity index (χ0v) is 14.9. The molecule has 3 amide bonds. The number of benzene rings is 1. The number of para-hydroxylation sites is 2. The monoisotopic (exact) mass is 345 g/mol. The standard InChI is InChI=1S/C18H24N4O3/c1-18(2)17(25)20-13-6-4-5-7-14(13)22(18)16(24)11-21(3)10-15(23)19-12-8-9-12/h4-7,12H,8-11H2,1-3H3,(H,19,23)(H,20,25)/p+1. The molecule has 7 nitrogen and oxygen atoms in total. The average Bonchev–Trinajstić information content (AvgIpc) is 3.31. The van der Waals surface area contributed by atoms with Crippen molar-refractivity contribution in [2.45, 2.75) is 38.3 Å². The Labute approximate surface area is 147 Å². The van der Waals surface area contributed by atoms with Crippen LogP contribution in [-0.4, -0.2) is 49.4 Å². The van der Waals surface area contributed by atoms with Crippen LogP contribution in [-0.2, 0) is 14.4 Å². The van der Waals surface area contributed by atoms with Crippen molar-refractivity contribution in [1.29, 1.82) is 0 Å². The van der Waals surface area contributed by atoms with E-state index >= 15 is 0 Å². The van der Waals surface area contributed by atoms with Crippen LogP contribution < -0.4 is 20.4 Å². The minimum absolute atomic E-state index is 0.0381. The van der Waals surface area contributed by atoms with Gasteiger partial charge < -0.3 is 15.5 Å². The van der Waals surface area contributed by atoms with E-state index in [9.17, 15) is 14.4 Å². The van der Waals surface area contributed by atoms with E-state index in [1.165, 1.54) is 0 Å².